The number of halogens is 1. The molecule has 2 saturated heterocycles. The topological polar surface area (TPSA) is 65.9 Å². The first-order valence-corrected chi connectivity index (χ1v) is 8.97. The Bertz CT molecular complexity index is 375. The molecule has 0 spiro atoms. The van der Waals surface area contributed by atoms with Gasteiger partial charge in [0.25, 0.3) is 0 Å². The predicted octanol–water partition coefficient (Wildman–Crippen LogP) is 2.67. The third kappa shape index (κ3) is 5.46. The normalized spacial score (nSPS) is 27.0. The maximum Gasteiger partial charge on any atom is 0.191 e. The molecule has 136 valence electrons. The second-order valence-corrected chi connectivity index (χ2v) is 6.74. The number of nitrogens with one attached hydrogen (secondary N) is 2. The second-order valence-electron chi connectivity index (χ2n) is 6.74. The second kappa shape index (κ2) is 10.0. The summed E-state index contributed by atoms with van der Waals surface area (Å²) < 4.78 is 5.91. The first-order valence-electron chi connectivity index (χ1n) is 8.97. The van der Waals surface area contributed by atoms with Gasteiger partial charge in [-0.25, -0.2) is 0 Å². The monoisotopic (exact) mass is 439 g/mol. The molecule has 2 heterocycles. The molecular formula is C17H34IN3O2. The van der Waals surface area contributed by atoms with Crippen molar-refractivity contribution in [2.45, 2.75) is 77.5 Å². The fraction of sp³-hybridized carbons (Fsp3) is 0.941. The minimum absolute atomic E-state index is 0. The zero-order valence-electron chi connectivity index (χ0n) is 14.8. The molecule has 5 nitrogen and oxygen atoms in total. The average Bonchev–Trinajstić information content (AvgIpc) is 3.14. The molecule has 3 unspecified atom stereocenters. The summed E-state index contributed by atoms with van der Waals surface area (Å²) in [7, 11) is 0. The number of ether oxygens (including phenoxy) is 1. The Balaban J connectivity index is 0.00000264. The highest BCUT2D eigenvalue weighted by atomic mass is 127. The lowest BCUT2D eigenvalue weighted by atomic mass is 9.79. The molecule has 6 heteroatoms. The Kier molecular flexibility index (Phi) is 9.15. The molecule has 2 aliphatic rings. The number of guanidine groups is 1. The number of aliphatic imine (C=N–C) groups is 1. The molecule has 0 aromatic heterocycles. The zero-order chi connectivity index (χ0) is 16.0. The number of aliphatic hydroxyl groups is 1. The summed E-state index contributed by atoms with van der Waals surface area (Å²) in [5, 5.41) is 16.3. The number of aliphatic hydroxyl groups excluding tert-OH is 1. The van der Waals surface area contributed by atoms with E-state index in [-0.39, 0.29) is 36.0 Å². The molecule has 2 rings (SSSR count). The molecule has 3 N–H and O–H groups in total. The van der Waals surface area contributed by atoms with E-state index >= 15 is 0 Å². The molecular weight excluding hydrogens is 405 g/mol. The van der Waals surface area contributed by atoms with E-state index in [4.69, 9.17) is 9.73 Å². The van der Waals surface area contributed by atoms with Crippen LogP contribution in [0.3, 0.4) is 0 Å². The van der Waals surface area contributed by atoms with E-state index < -0.39 is 0 Å². The summed E-state index contributed by atoms with van der Waals surface area (Å²) >= 11 is 0. The van der Waals surface area contributed by atoms with E-state index in [0.717, 1.165) is 44.7 Å². The standard InChI is InChI=1S/C17H33N3O2.HI/c1-4-17(5-2,9-10-21)12-19-16(18-6-3)20-14-11-13-7-8-15(14)22-13;/h13-15,21H,4-12H2,1-3H3,(H2,18,19,20);1H. The first-order chi connectivity index (χ1) is 10.7. The van der Waals surface area contributed by atoms with Crippen molar-refractivity contribution in [3.05, 3.63) is 0 Å². The fourth-order valence-corrected chi connectivity index (χ4v) is 3.68. The van der Waals surface area contributed by atoms with E-state index in [0.29, 0.717) is 18.2 Å². The van der Waals surface area contributed by atoms with E-state index in [1.54, 1.807) is 0 Å². The molecule has 2 fully saturated rings. The van der Waals surface area contributed by atoms with Crippen LogP contribution in [0, 0.1) is 5.41 Å². The Hall–Kier alpha value is -0.0800. The van der Waals surface area contributed by atoms with Crippen molar-refractivity contribution in [1.82, 2.24) is 10.6 Å². The van der Waals surface area contributed by atoms with Crippen LogP contribution in [0.25, 0.3) is 0 Å². The van der Waals surface area contributed by atoms with Gasteiger partial charge in [-0.3, -0.25) is 4.99 Å². The van der Waals surface area contributed by atoms with Gasteiger partial charge in [0, 0.05) is 19.7 Å². The van der Waals surface area contributed by atoms with Crippen molar-refractivity contribution in [2.75, 3.05) is 19.7 Å². The van der Waals surface area contributed by atoms with E-state index in [9.17, 15) is 5.11 Å². The zero-order valence-corrected chi connectivity index (χ0v) is 17.1. The molecule has 2 bridgehead atoms. The summed E-state index contributed by atoms with van der Waals surface area (Å²) in [5.74, 6) is 0.896. The van der Waals surface area contributed by atoms with Gasteiger partial charge in [0.15, 0.2) is 5.96 Å². The highest BCUT2D eigenvalue weighted by Gasteiger charge is 2.41. The first kappa shape index (κ1) is 21.0. The Morgan fingerprint density at radius 3 is 2.48 bits per heavy atom. The van der Waals surface area contributed by atoms with E-state index in [2.05, 4.69) is 31.4 Å². The maximum atomic E-state index is 9.34. The summed E-state index contributed by atoms with van der Waals surface area (Å²) in [6.45, 7) is 8.34. The van der Waals surface area contributed by atoms with Crippen LogP contribution in [0.1, 0.15) is 59.3 Å². The Morgan fingerprint density at radius 1 is 1.26 bits per heavy atom. The largest absolute Gasteiger partial charge is 0.396 e. The number of fused-ring (bicyclic) bond motifs is 2. The molecule has 23 heavy (non-hydrogen) atoms. The smallest absolute Gasteiger partial charge is 0.191 e. The van der Waals surface area contributed by atoms with Gasteiger partial charge in [0.05, 0.1) is 18.2 Å². The predicted molar refractivity (Wildman–Crippen MR) is 106 cm³/mol. The number of hydrogen-bond acceptors (Lipinski definition) is 3. The molecule has 0 saturated carbocycles. The average molecular weight is 439 g/mol. The minimum Gasteiger partial charge on any atom is -0.396 e. The molecule has 0 aliphatic carbocycles. The van der Waals surface area contributed by atoms with Crippen LogP contribution in [0.2, 0.25) is 0 Å². The molecule has 0 amide bonds. The Morgan fingerprint density at radius 2 is 2.00 bits per heavy atom. The van der Waals surface area contributed by atoms with Gasteiger partial charge < -0.3 is 20.5 Å². The summed E-state index contributed by atoms with van der Waals surface area (Å²) in [5.41, 5.74) is 0.113. The van der Waals surface area contributed by atoms with Crippen molar-refractivity contribution >= 4 is 29.9 Å². The van der Waals surface area contributed by atoms with Crippen molar-refractivity contribution in [1.29, 1.82) is 0 Å². The fourth-order valence-electron chi connectivity index (χ4n) is 3.68. The lowest BCUT2D eigenvalue weighted by Gasteiger charge is -2.30. The molecule has 0 aromatic rings. The van der Waals surface area contributed by atoms with E-state index in [1.165, 1.54) is 12.8 Å². The number of hydrogen-bond donors (Lipinski definition) is 3. The van der Waals surface area contributed by atoms with Crippen molar-refractivity contribution in [3.63, 3.8) is 0 Å². The quantitative estimate of drug-likeness (QED) is 0.309. The van der Waals surface area contributed by atoms with Gasteiger partial charge in [-0.05, 0) is 50.9 Å². The van der Waals surface area contributed by atoms with Crippen molar-refractivity contribution in [3.8, 4) is 0 Å². The SMILES string of the molecule is CCNC(=NCC(CC)(CC)CCO)NC1CC2CCC1O2.I. The minimum atomic E-state index is 0. The van der Waals surface area contributed by atoms with Crippen molar-refractivity contribution < 1.29 is 9.84 Å². The van der Waals surface area contributed by atoms with Crippen LogP contribution < -0.4 is 10.6 Å². The van der Waals surface area contributed by atoms with Crippen molar-refractivity contribution in [2.24, 2.45) is 10.4 Å². The highest BCUT2D eigenvalue weighted by Crippen LogP contribution is 2.34. The van der Waals surface area contributed by atoms with Crippen LogP contribution in [0.4, 0.5) is 0 Å². The van der Waals surface area contributed by atoms with Gasteiger partial charge in [-0.2, -0.15) is 0 Å². The van der Waals surface area contributed by atoms with Gasteiger partial charge in [0.1, 0.15) is 0 Å². The van der Waals surface area contributed by atoms with Crippen LogP contribution in [-0.2, 0) is 4.74 Å². The summed E-state index contributed by atoms with van der Waals surface area (Å²) in [4.78, 5) is 4.82. The van der Waals surface area contributed by atoms with Gasteiger partial charge >= 0.3 is 0 Å². The highest BCUT2D eigenvalue weighted by molar-refractivity contribution is 14.0. The third-order valence-electron chi connectivity index (χ3n) is 5.49. The van der Waals surface area contributed by atoms with Crippen LogP contribution in [-0.4, -0.2) is 49.0 Å². The van der Waals surface area contributed by atoms with Crippen LogP contribution in [0.15, 0.2) is 4.99 Å². The lowest BCUT2D eigenvalue weighted by molar-refractivity contribution is 0.0992. The summed E-state index contributed by atoms with van der Waals surface area (Å²) in [6, 6.07) is 0.395. The third-order valence-corrected chi connectivity index (χ3v) is 5.49. The number of nitrogens with zero attached hydrogens (tertiary/aromatic N) is 1. The summed E-state index contributed by atoms with van der Waals surface area (Å²) in [6.07, 6.45) is 7.19. The van der Waals surface area contributed by atoms with Gasteiger partial charge in [-0.1, -0.05) is 13.8 Å². The molecule has 0 radical (unpaired) electrons. The van der Waals surface area contributed by atoms with Crippen LogP contribution >= 0.6 is 24.0 Å². The molecule has 3 atom stereocenters. The Labute approximate surface area is 158 Å². The van der Waals surface area contributed by atoms with Gasteiger partial charge in [0.2, 0.25) is 0 Å². The number of rotatable bonds is 8. The maximum absolute atomic E-state index is 9.34. The lowest BCUT2D eigenvalue weighted by Crippen LogP contribution is -2.47. The molecule has 0 aromatic carbocycles. The van der Waals surface area contributed by atoms with Crippen LogP contribution in [0.5, 0.6) is 0 Å². The van der Waals surface area contributed by atoms with E-state index in [1.807, 2.05) is 0 Å². The molecule has 2 aliphatic heterocycles. The van der Waals surface area contributed by atoms with Gasteiger partial charge in [-0.15, -0.1) is 24.0 Å².